The van der Waals surface area contributed by atoms with Crippen LogP contribution in [0.4, 0.5) is 18.9 Å². The number of carbonyl (C=O) groups excluding carboxylic acids is 3. The first kappa shape index (κ1) is 28.2. The number of nitrogens with one attached hydrogen (secondary N) is 3. The Hall–Kier alpha value is -2.90. The number of alkyl halides is 3. The van der Waals surface area contributed by atoms with E-state index >= 15 is 0 Å². The van der Waals surface area contributed by atoms with Crippen LogP contribution in [0.5, 0.6) is 0 Å². The third-order valence-electron chi connectivity index (χ3n) is 9.72. The average molecular weight is 578 g/mol. The number of para-hydroxylation sites is 1. The molecule has 1 aromatic rings. The van der Waals surface area contributed by atoms with Crippen LogP contribution in [0.3, 0.4) is 0 Å². The molecule has 4 aliphatic heterocycles. The lowest BCUT2D eigenvalue weighted by atomic mass is 9.77. The normalized spacial score (nSPS) is 30.2. The Balaban J connectivity index is 1.14. The van der Waals surface area contributed by atoms with Crippen LogP contribution in [0.15, 0.2) is 30.3 Å². The van der Waals surface area contributed by atoms with Crippen LogP contribution in [0.1, 0.15) is 32.1 Å². The maximum Gasteiger partial charge on any atom is 0.405 e. The van der Waals surface area contributed by atoms with Gasteiger partial charge >= 0.3 is 6.18 Å². The lowest BCUT2D eigenvalue weighted by molar-refractivity contribution is -0.168. The molecule has 13 heteroatoms. The third kappa shape index (κ3) is 5.39. The van der Waals surface area contributed by atoms with E-state index in [2.05, 4.69) is 16.2 Å². The molecule has 1 spiro atoms. The molecule has 0 bridgehead atoms. The molecular weight excluding hydrogens is 539 g/mol. The number of likely N-dealkylation sites (tertiary alicyclic amines) is 1. The van der Waals surface area contributed by atoms with E-state index in [0.717, 1.165) is 31.5 Å². The lowest BCUT2D eigenvalue weighted by Crippen LogP contribution is -2.60. The SMILES string of the molecule is O=C(CN1CN(c2ccccc2)C2(CCN(C(=O)C3CCC4NNCC4C3)CC2)C1=O)N1CCN[C@@H](C(F)(F)F)C1. The molecule has 0 radical (unpaired) electrons. The van der Waals surface area contributed by atoms with E-state index in [-0.39, 0.29) is 44.0 Å². The van der Waals surface area contributed by atoms with E-state index in [1.165, 1.54) is 9.80 Å². The highest BCUT2D eigenvalue weighted by Crippen LogP contribution is 2.41. The van der Waals surface area contributed by atoms with Gasteiger partial charge in [0.05, 0.1) is 6.67 Å². The van der Waals surface area contributed by atoms with Gasteiger partial charge in [-0.2, -0.15) is 13.2 Å². The van der Waals surface area contributed by atoms with Gasteiger partial charge in [0.15, 0.2) is 0 Å². The Morgan fingerprint density at radius 3 is 2.51 bits per heavy atom. The van der Waals surface area contributed by atoms with Crippen molar-refractivity contribution in [1.29, 1.82) is 0 Å². The van der Waals surface area contributed by atoms with E-state index in [1.54, 1.807) is 0 Å². The molecule has 10 nitrogen and oxygen atoms in total. The minimum absolute atomic E-state index is 0.00909. The topological polar surface area (TPSA) is 100 Å². The number of anilines is 1. The van der Waals surface area contributed by atoms with Crippen LogP contribution in [-0.2, 0) is 14.4 Å². The summed E-state index contributed by atoms with van der Waals surface area (Å²) < 4.78 is 39.8. The second-order valence-corrected chi connectivity index (χ2v) is 12.1. The van der Waals surface area contributed by atoms with Crippen molar-refractivity contribution < 1.29 is 27.6 Å². The fourth-order valence-electron chi connectivity index (χ4n) is 7.36. The molecule has 41 heavy (non-hydrogen) atoms. The van der Waals surface area contributed by atoms with Gasteiger partial charge in [-0.05, 0) is 50.2 Å². The Morgan fingerprint density at radius 2 is 1.78 bits per heavy atom. The summed E-state index contributed by atoms with van der Waals surface area (Å²) in [6.07, 6.45) is -0.913. The molecule has 3 unspecified atom stereocenters. The summed E-state index contributed by atoms with van der Waals surface area (Å²) in [5, 5.41) is 2.42. The van der Waals surface area contributed by atoms with E-state index in [4.69, 9.17) is 0 Å². The predicted octanol–water partition coefficient (Wildman–Crippen LogP) is 0.909. The molecule has 224 valence electrons. The summed E-state index contributed by atoms with van der Waals surface area (Å²) in [5.74, 6) is -0.0877. The number of piperazine rings is 1. The van der Waals surface area contributed by atoms with Gasteiger partial charge in [0.1, 0.15) is 18.1 Å². The number of benzene rings is 1. The second-order valence-electron chi connectivity index (χ2n) is 12.1. The first-order valence-electron chi connectivity index (χ1n) is 14.6. The smallest absolute Gasteiger partial charge is 0.342 e. The van der Waals surface area contributed by atoms with Crippen LogP contribution < -0.4 is 21.1 Å². The number of carbonyl (C=O) groups is 3. The average Bonchev–Trinajstić information content (AvgIpc) is 3.56. The Kier molecular flexibility index (Phi) is 7.62. The number of hydrogen-bond acceptors (Lipinski definition) is 7. The van der Waals surface area contributed by atoms with Crippen LogP contribution >= 0.6 is 0 Å². The zero-order chi connectivity index (χ0) is 28.8. The number of nitrogens with zero attached hydrogens (tertiary/aromatic N) is 4. The van der Waals surface area contributed by atoms with Gasteiger partial charge < -0.3 is 24.9 Å². The van der Waals surface area contributed by atoms with E-state index in [0.29, 0.717) is 37.9 Å². The van der Waals surface area contributed by atoms with Gasteiger partial charge in [0.25, 0.3) is 5.91 Å². The van der Waals surface area contributed by atoms with Gasteiger partial charge in [-0.25, -0.2) is 0 Å². The van der Waals surface area contributed by atoms with Crippen molar-refractivity contribution in [3.05, 3.63) is 30.3 Å². The second kappa shape index (κ2) is 11.1. The quantitative estimate of drug-likeness (QED) is 0.489. The summed E-state index contributed by atoms with van der Waals surface area (Å²) in [6, 6.07) is 8.16. The Bertz CT molecular complexity index is 1140. The summed E-state index contributed by atoms with van der Waals surface area (Å²) in [6.45, 7) is 1.40. The highest BCUT2D eigenvalue weighted by Gasteiger charge is 2.55. The fraction of sp³-hybridized carbons (Fsp3) is 0.679. The number of hydrogen-bond donors (Lipinski definition) is 3. The maximum atomic E-state index is 14.0. The van der Waals surface area contributed by atoms with Crippen molar-refractivity contribution in [2.75, 3.05) is 57.4 Å². The van der Waals surface area contributed by atoms with Gasteiger partial charge in [0, 0.05) is 56.9 Å². The van der Waals surface area contributed by atoms with Crippen molar-refractivity contribution in [3.8, 4) is 0 Å². The van der Waals surface area contributed by atoms with Gasteiger partial charge in [-0.1, -0.05) is 18.2 Å². The standard InChI is InChI=1S/C28H38F3N7O3/c29-28(30,31)23-16-36(13-10-32-23)24(39)17-37-18-38(21-4-2-1-3-5-21)27(26(37)41)8-11-35(12-9-27)25(40)19-6-7-22-20(14-19)15-33-34-22/h1-5,19-20,22-23,32-34H,6-18H2/t19?,20?,22?,23-/m1/s1. The van der Waals surface area contributed by atoms with E-state index < -0.39 is 30.2 Å². The fourth-order valence-corrected chi connectivity index (χ4v) is 7.36. The van der Waals surface area contributed by atoms with Crippen LogP contribution in [0, 0.1) is 11.8 Å². The zero-order valence-corrected chi connectivity index (χ0v) is 23.0. The Morgan fingerprint density at radius 1 is 1.02 bits per heavy atom. The largest absolute Gasteiger partial charge is 0.405 e. The number of piperidine rings is 1. The summed E-state index contributed by atoms with van der Waals surface area (Å²) in [4.78, 5) is 47.2. The summed E-state index contributed by atoms with van der Waals surface area (Å²) >= 11 is 0. The molecule has 3 N–H and O–H groups in total. The molecule has 1 aliphatic carbocycles. The number of hydrazine groups is 1. The zero-order valence-electron chi connectivity index (χ0n) is 23.0. The highest BCUT2D eigenvalue weighted by atomic mass is 19.4. The summed E-state index contributed by atoms with van der Waals surface area (Å²) in [5.41, 5.74) is 6.44. The summed E-state index contributed by atoms with van der Waals surface area (Å²) in [7, 11) is 0. The van der Waals surface area contributed by atoms with E-state index in [9.17, 15) is 27.6 Å². The van der Waals surface area contributed by atoms with Crippen molar-refractivity contribution in [1.82, 2.24) is 30.9 Å². The predicted molar refractivity (Wildman–Crippen MR) is 144 cm³/mol. The Labute approximate surface area is 237 Å². The van der Waals surface area contributed by atoms with Crippen LogP contribution in [0.25, 0.3) is 0 Å². The highest BCUT2D eigenvalue weighted by molar-refractivity contribution is 5.96. The minimum Gasteiger partial charge on any atom is -0.342 e. The first-order valence-corrected chi connectivity index (χ1v) is 14.6. The molecule has 4 atom stereocenters. The van der Waals surface area contributed by atoms with Crippen molar-refractivity contribution in [3.63, 3.8) is 0 Å². The van der Waals surface area contributed by atoms with Crippen LogP contribution in [0.2, 0.25) is 0 Å². The number of halogens is 3. The molecule has 6 rings (SSSR count). The number of fused-ring (bicyclic) bond motifs is 1. The first-order chi connectivity index (χ1) is 19.7. The molecule has 0 aromatic heterocycles. The van der Waals surface area contributed by atoms with E-state index in [1.807, 2.05) is 40.1 Å². The van der Waals surface area contributed by atoms with Gasteiger partial charge in [-0.15, -0.1) is 0 Å². The van der Waals surface area contributed by atoms with Crippen molar-refractivity contribution in [2.24, 2.45) is 11.8 Å². The monoisotopic (exact) mass is 577 g/mol. The van der Waals surface area contributed by atoms with Gasteiger partial charge in [-0.3, -0.25) is 25.2 Å². The molecule has 5 aliphatic rings. The maximum absolute atomic E-state index is 14.0. The molecule has 4 heterocycles. The molecule has 1 aromatic carbocycles. The lowest BCUT2D eigenvalue weighted by Gasteiger charge is -2.44. The third-order valence-corrected chi connectivity index (χ3v) is 9.72. The minimum atomic E-state index is -4.45. The van der Waals surface area contributed by atoms with Crippen molar-refractivity contribution in [2.45, 2.75) is 55.9 Å². The molecule has 3 amide bonds. The molecular formula is C28H38F3N7O3. The molecule has 1 saturated carbocycles. The van der Waals surface area contributed by atoms with Crippen molar-refractivity contribution >= 4 is 23.4 Å². The molecule has 4 saturated heterocycles. The van der Waals surface area contributed by atoms with Gasteiger partial charge in [0.2, 0.25) is 11.8 Å². The molecule has 5 fully saturated rings. The number of amides is 3. The number of rotatable bonds is 4. The van der Waals surface area contributed by atoms with Crippen LogP contribution in [-0.4, -0.2) is 109 Å².